The van der Waals surface area contributed by atoms with Crippen molar-refractivity contribution in [3.8, 4) is 0 Å². The van der Waals surface area contributed by atoms with Gasteiger partial charge in [-0.3, -0.25) is 10.1 Å². The summed E-state index contributed by atoms with van der Waals surface area (Å²) in [5.74, 6) is 0. The van der Waals surface area contributed by atoms with Gasteiger partial charge in [0.2, 0.25) is 0 Å². The Kier molecular flexibility index (Phi) is 1.61. The number of aromatic nitrogens is 4. The van der Waals surface area contributed by atoms with Gasteiger partial charge in [0.15, 0.2) is 5.65 Å². The van der Waals surface area contributed by atoms with Crippen LogP contribution in [0.15, 0.2) is 24.5 Å². The molecule has 0 bridgehead atoms. The number of benzene rings is 1. The molecular formula is C9H5N5O2. The van der Waals surface area contributed by atoms with Crippen LogP contribution in [-0.2, 0) is 0 Å². The van der Waals surface area contributed by atoms with Crippen LogP contribution in [0.3, 0.4) is 0 Å². The van der Waals surface area contributed by atoms with E-state index in [1.54, 1.807) is 6.07 Å². The van der Waals surface area contributed by atoms with Crippen LogP contribution in [0.1, 0.15) is 0 Å². The zero-order valence-electron chi connectivity index (χ0n) is 7.91. The van der Waals surface area contributed by atoms with Gasteiger partial charge in [0.05, 0.1) is 4.92 Å². The van der Waals surface area contributed by atoms with Crippen LogP contribution in [-0.4, -0.2) is 25.1 Å². The summed E-state index contributed by atoms with van der Waals surface area (Å²) >= 11 is 0. The first-order valence-corrected chi connectivity index (χ1v) is 4.49. The van der Waals surface area contributed by atoms with E-state index in [1.165, 1.54) is 18.5 Å². The second kappa shape index (κ2) is 2.96. The third kappa shape index (κ3) is 1.11. The van der Waals surface area contributed by atoms with Gasteiger partial charge in [0.1, 0.15) is 11.8 Å². The van der Waals surface area contributed by atoms with Crippen molar-refractivity contribution < 1.29 is 4.92 Å². The summed E-state index contributed by atoms with van der Waals surface area (Å²) in [7, 11) is 0. The van der Waals surface area contributed by atoms with Gasteiger partial charge in [-0.1, -0.05) is 0 Å². The fourth-order valence-electron chi connectivity index (χ4n) is 1.63. The number of fused-ring (bicyclic) bond motifs is 3. The molecule has 78 valence electrons. The third-order valence-electron chi connectivity index (χ3n) is 2.34. The number of nitro benzene ring substituents is 1. The SMILES string of the molecule is O=[N+]([O-])c1ccc2[nH]c3ncnnc3c2c1. The Bertz CT molecular complexity index is 705. The number of nitrogens with one attached hydrogen (secondary N) is 1. The third-order valence-corrected chi connectivity index (χ3v) is 2.34. The minimum atomic E-state index is -0.442. The van der Waals surface area contributed by atoms with Gasteiger partial charge in [-0.25, -0.2) is 4.98 Å². The van der Waals surface area contributed by atoms with Crippen LogP contribution in [0.5, 0.6) is 0 Å². The Balaban J connectivity index is 2.44. The molecule has 0 radical (unpaired) electrons. The van der Waals surface area contributed by atoms with Crippen molar-refractivity contribution in [1.29, 1.82) is 0 Å². The maximum Gasteiger partial charge on any atom is 0.270 e. The molecule has 3 rings (SSSR count). The Labute approximate surface area is 88.3 Å². The van der Waals surface area contributed by atoms with E-state index in [2.05, 4.69) is 20.2 Å². The van der Waals surface area contributed by atoms with Gasteiger partial charge in [-0.15, -0.1) is 10.2 Å². The van der Waals surface area contributed by atoms with Crippen LogP contribution in [0.25, 0.3) is 22.1 Å². The van der Waals surface area contributed by atoms with E-state index < -0.39 is 4.92 Å². The van der Waals surface area contributed by atoms with Gasteiger partial charge in [0, 0.05) is 23.0 Å². The smallest absolute Gasteiger partial charge is 0.270 e. The van der Waals surface area contributed by atoms with Crippen molar-refractivity contribution in [3.63, 3.8) is 0 Å². The number of rotatable bonds is 1. The molecule has 0 fully saturated rings. The molecule has 0 amide bonds. The summed E-state index contributed by atoms with van der Waals surface area (Å²) in [6.07, 6.45) is 1.33. The highest BCUT2D eigenvalue weighted by Gasteiger charge is 2.11. The maximum atomic E-state index is 10.6. The Morgan fingerprint density at radius 3 is 3.06 bits per heavy atom. The minimum Gasteiger partial charge on any atom is -0.338 e. The molecular weight excluding hydrogens is 210 g/mol. The summed E-state index contributed by atoms with van der Waals surface area (Å²) in [4.78, 5) is 17.2. The molecule has 0 saturated heterocycles. The molecule has 16 heavy (non-hydrogen) atoms. The normalized spacial score (nSPS) is 11.0. The van der Waals surface area contributed by atoms with Crippen molar-refractivity contribution in [3.05, 3.63) is 34.6 Å². The van der Waals surface area contributed by atoms with E-state index in [9.17, 15) is 10.1 Å². The number of aromatic amines is 1. The summed E-state index contributed by atoms with van der Waals surface area (Å²) in [6, 6.07) is 4.53. The van der Waals surface area contributed by atoms with Crippen LogP contribution in [0.4, 0.5) is 5.69 Å². The van der Waals surface area contributed by atoms with E-state index in [1.807, 2.05) is 0 Å². The Morgan fingerprint density at radius 1 is 1.38 bits per heavy atom. The maximum absolute atomic E-state index is 10.6. The van der Waals surface area contributed by atoms with Crippen LogP contribution < -0.4 is 0 Å². The van der Waals surface area contributed by atoms with Crippen LogP contribution in [0, 0.1) is 10.1 Å². The predicted molar refractivity (Wildman–Crippen MR) is 55.8 cm³/mol. The van der Waals surface area contributed by atoms with E-state index in [0.29, 0.717) is 16.6 Å². The molecule has 7 heteroatoms. The number of nitro groups is 1. The average molecular weight is 215 g/mol. The number of nitrogens with zero attached hydrogens (tertiary/aromatic N) is 4. The van der Waals surface area contributed by atoms with Gasteiger partial charge in [-0.05, 0) is 6.07 Å². The van der Waals surface area contributed by atoms with Gasteiger partial charge in [0.25, 0.3) is 5.69 Å². The van der Waals surface area contributed by atoms with Gasteiger partial charge < -0.3 is 4.98 Å². The van der Waals surface area contributed by atoms with Crippen molar-refractivity contribution in [2.75, 3.05) is 0 Å². The molecule has 0 atom stereocenters. The first kappa shape index (κ1) is 8.72. The number of hydrogen-bond acceptors (Lipinski definition) is 5. The second-order valence-electron chi connectivity index (χ2n) is 3.27. The molecule has 2 heterocycles. The van der Waals surface area contributed by atoms with Crippen molar-refractivity contribution in [2.24, 2.45) is 0 Å². The highest BCUT2D eigenvalue weighted by atomic mass is 16.6. The van der Waals surface area contributed by atoms with E-state index in [0.717, 1.165) is 5.52 Å². The number of non-ortho nitro benzene ring substituents is 1. The van der Waals surface area contributed by atoms with Crippen LogP contribution in [0.2, 0.25) is 0 Å². The quantitative estimate of drug-likeness (QED) is 0.488. The summed E-state index contributed by atoms with van der Waals surface area (Å²) < 4.78 is 0. The average Bonchev–Trinajstić information content (AvgIpc) is 2.66. The lowest BCUT2D eigenvalue weighted by Gasteiger charge is -1.91. The zero-order valence-corrected chi connectivity index (χ0v) is 7.91. The molecule has 0 spiro atoms. The standard InChI is InChI=1S/C9H5N5O2/c15-14(16)5-1-2-7-6(3-5)8-9(12-7)10-4-11-13-8/h1-4H,(H,10,11,12). The first-order chi connectivity index (χ1) is 7.75. The lowest BCUT2D eigenvalue weighted by Crippen LogP contribution is -1.87. The molecule has 0 unspecified atom stereocenters. The number of hydrogen-bond donors (Lipinski definition) is 1. The summed E-state index contributed by atoms with van der Waals surface area (Å²) in [6.45, 7) is 0. The second-order valence-corrected chi connectivity index (χ2v) is 3.27. The number of H-pyrrole nitrogens is 1. The Morgan fingerprint density at radius 2 is 2.25 bits per heavy atom. The lowest BCUT2D eigenvalue weighted by atomic mass is 10.2. The fraction of sp³-hybridized carbons (Fsp3) is 0. The van der Waals surface area contributed by atoms with Crippen molar-refractivity contribution in [1.82, 2.24) is 20.2 Å². The van der Waals surface area contributed by atoms with Crippen molar-refractivity contribution >= 4 is 27.8 Å². The zero-order chi connectivity index (χ0) is 11.1. The lowest BCUT2D eigenvalue weighted by molar-refractivity contribution is -0.384. The van der Waals surface area contributed by atoms with E-state index >= 15 is 0 Å². The molecule has 0 aliphatic carbocycles. The molecule has 0 saturated carbocycles. The molecule has 2 aromatic heterocycles. The summed E-state index contributed by atoms with van der Waals surface area (Å²) in [5.41, 5.74) is 1.90. The summed E-state index contributed by atoms with van der Waals surface area (Å²) in [5, 5.41) is 18.9. The molecule has 0 aliphatic heterocycles. The molecule has 3 aromatic rings. The van der Waals surface area contributed by atoms with E-state index in [4.69, 9.17) is 0 Å². The molecule has 1 aromatic carbocycles. The van der Waals surface area contributed by atoms with Crippen LogP contribution >= 0.6 is 0 Å². The topological polar surface area (TPSA) is 97.6 Å². The largest absolute Gasteiger partial charge is 0.338 e. The van der Waals surface area contributed by atoms with Gasteiger partial charge >= 0.3 is 0 Å². The van der Waals surface area contributed by atoms with Gasteiger partial charge in [-0.2, -0.15) is 0 Å². The fourth-order valence-corrected chi connectivity index (χ4v) is 1.63. The molecule has 0 aliphatic rings. The van der Waals surface area contributed by atoms with E-state index in [-0.39, 0.29) is 5.69 Å². The predicted octanol–water partition coefficient (Wildman–Crippen LogP) is 1.41. The molecule has 1 N–H and O–H groups in total. The van der Waals surface area contributed by atoms with Crippen molar-refractivity contribution in [2.45, 2.75) is 0 Å². The highest BCUT2D eigenvalue weighted by molar-refractivity contribution is 6.03. The first-order valence-electron chi connectivity index (χ1n) is 4.49. The monoisotopic (exact) mass is 215 g/mol. The minimum absolute atomic E-state index is 0.0269. The molecule has 7 nitrogen and oxygen atoms in total. The Hall–Kier alpha value is -2.57. The highest BCUT2D eigenvalue weighted by Crippen LogP contribution is 2.25.